The molecular weight excluding hydrogens is 266 g/mol. The summed E-state index contributed by atoms with van der Waals surface area (Å²) in [7, 11) is 0. The van der Waals surface area contributed by atoms with E-state index in [0.29, 0.717) is 0 Å². The summed E-state index contributed by atoms with van der Waals surface area (Å²) >= 11 is 0. The van der Waals surface area contributed by atoms with Crippen molar-refractivity contribution in [1.29, 1.82) is 0 Å². The minimum Gasteiger partial charge on any atom is -0.506 e. The molecule has 7 heteroatoms. The first kappa shape index (κ1) is 15.9. The molecule has 1 aliphatic rings. The summed E-state index contributed by atoms with van der Waals surface area (Å²) in [6.45, 7) is 6.69. The molecule has 0 aromatic rings. The van der Waals surface area contributed by atoms with Crippen molar-refractivity contribution in [3.8, 4) is 0 Å². The van der Waals surface area contributed by atoms with Gasteiger partial charge in [-0.05, 0) is 33.8 Å². The Bertz CT molecular complexity index is 460. The van der Waals surface area contributed by atoms with Crippen LogP contribution in [0.1, 0.15) is 27.7 Å². The molecule has 0 spiro atoms. The smallest absolute Gasteiger partial charge is 0.415 e. The second-order valence-electron chi connectivity index (χ2n) is 5.13. The molecule has 0 saturated heterocycles. The third-order valence-electron chi connectivity index (χ3n) is 2.31. The molecule has 1 atom stereocenters. The Labute approximate surface area is 117 Å². The van der Waals surface area contributed by atoms with Crippen LogP contribution < -0.4 is 0 Å². The van der Waals surface area contributed by atoms with Crippen molar-refractivity contribution >= 4 is 12.1 Å². The molecule has 0 fully saturated rings. The fourth-order valence-electron chi connectivity index (χ4n) is 1.52. The second kappa shape index (κ2) is 5.85. The van der Waals surface area contributed by atoms with Gasteiger partial charge in [-0.15, -0.1) is 0 Å². The lowest BCUT2D eigenvalue weighted by molar-refractivity contribution is -0.148. The number of nitrogens with zero attached hydrogens (tertiary/aromatic N) is 1. The van der Waals surface area contributed by atoms with Gasteiger partial charge in [0.1, 0.15) is 5.60 Å². The maximum Gasteiger partial charge on any atom is 0.415 e. The Morgan fingerprint density at radius 3 is 2.45 bits per heavy atom. The zero-order chi connectivity index (χ0) is 15.5. The van der Waals surface area contributed by atoms with E-state index in [1.807, 2.05) is 0 Å². The molecule has 0 aliphatic carbocycles. The molecule has 0 radical (unpaired) electrons. The molecule has 0 aromatic carbocycles. The van der Waals surface area contributed by atoms with Gasteiger partial charge in [-0.1, -0.05) is 0 Å². The molecule has 1 heterocycles. The molecule has 2 N–H and O–H groups in total. The van der Waals surface area contributed by atoms with Gasteiger partial charge in [0.15, 0.2) is 17.6 Å². The van der Waals surface area contributed by atoms with Gasteiger partial charge >= 0.3 is 12.1 Å². The van der Waals surface area contributed by atoms with Gasteiger partial charge < -0.3 is 19.7 Å². The normalized spacial score (nSPS) is 19.0. The predicted molar refractivity (Wildman–Crippen MR) is 69.9 cm³/mol. The van der Waals surface area contributed by atoms with E-state index >= 15 is 0 Å². The number of hydrogen-bond acceptors (Lipinski definition) is 6. The summed E-state index contributed by atoms with van der Waals surface area (Å²) < 4.78 is 9.92. The highest BCUT2D eigenvalue weighted by Gasteiger charge is 2.39. The number of rotatable bonds is 2. The Hall–Kier alpha value is -2.18. The molecule has 0 bridgehead atoms. The summed E-state index contributed by atoms with van der Waals surface area (Å²) in [6.07, 6.45) is 1.42. The lowest BCUT2D eigenvalue weighted by atomic mass is 10.1. The van der Waals surface area contributed by atoms with E-state index in [0.717, 1.165) is 17.2 Å². The van der Waals surface area contributed by atoms with Gasteiger partial charge in [-0.3, -0.25) is 4.90 Å². The monoisotopic (exact) mass is 285 g/mol. The number of esters is 1. The number of amides is 1. The second-order valence-corrected chi connectivity index (χ2v) is 5.13. The predicted octanol–water partition coefficient (Wildman–Crippen LogP) is 2.01. The third-order valence-corrected chi connectivity index (χ3v) is 2.31. The SMILES string of the molecule is CCOC(=O)[C@H]1C(O)=C(O)C=CN1C(=O)OC(C)(C)C. The number of aliphatic hydroxyl groups excluding tert-OH is 2. The maximum atomic E-state index is 12.0. The summed E-state index contributed by atoms with van der Waals surface area (Å²) in [5.41, 5.74) is -0.761. The van der Waals surface area contributed by atoms with Crippen LogP contribution >= 0.6 is 0 Å². The van der Waals surface area contributed by atoms with Gasteiger partial charge in [-0.25, -0.2) is 9.59 Å². The topological polar surface area (TPSA) is 96.3 Å². The van der Waals surface area contributed by atoms with Gasteiger partial charge in [-0.2, -0.15) is 0 Å². The van der Waals surface area contributed by atoms with Crippen molar-refractivity contribution in [2.75, 3.05) is 6.61 Å². The largest absolute Gasteiger partial charge is 0.506 e. The number of aliphatic hydroxyl groups is 2. The molecule has 112 valence electrons. The first-order valence-corrected chi connectivity index (χ1v) is 6.15. The van der Waals surface area contributed by atoms with E-state index in [9.17, 15) is 19.8 Å². The van der Waals surface area contributed by atoms with Gasteiger partial charge in [0.25, 0.3) is 0 Å². The van der Waals surface area contributed by atoms with Crippen molar-refractivity contribution < 1.29 is 29.3 Å². The zero-order valence-corrected chi connectivity index (χ0v) is 11.9. The molecule has 0 aromatic heterocycles. The average Bonchev–Trinajstić information content (AvgIpc) is 2.30. The van der Waals surface area contributed by atoms with E-state index in [1.54, 1.807) is 27.7 Å². The number of hydrogen-bond donors (Lipinski definition) is 2. The third kappa shape index (κ3) is 3.66. The van der Waals surface area contributed by atoms with Crippen LogP contribution in [0.3, 0.4) is 0 Å². The van der Waals surface area contributed by atoms with E-state index in [4.69, 9.17) is 9.47 Å². The lowest BCUT2D eigenvalue weighted by Crippen LogP contribution is -2.47. The van der Waals surface area contributed by atoms with Crippen LogP contribution in [0.25, 0.3) is 0 Å². The number of carbonyl (C=O) groups excluding carboxylic acids is 2. The summed E-state index contributed by atoms with van der Waals surface area (Å²) in [5.74, 6) is -2.01. The number of ether oxygens (including phenoxy) is 2. The van der Waals surface area contributed by atoms with Crippen molar-refractivity contribution in [1.82, 2.24) is 4.90 Å². The Morgan fingerprint density at radius 2 is 1.95 bits per heavy atom. The summed E-state index contributed by atoms with van der Waals surface area (Å²) in [4.78, 5) is 24.7. The molecule has 1 rings (SSSR count). The fraction of sp³-hybridized carbons (Fsp3) is 0.538. The summed E-state index contributed by atoms with van der Waals surface area (Å²) in [5, 5.41) is 19.2. The van der Waals surface area contributed by atoms with Crippen molar-refractivity contribution in [3.05, 3.63) is 23.8 Å². The molecule has 0 saturated carbocycles. The van der Waals surface area contributed by atoms with Crippen molar-refractivity contribution in [2.24, 2.45) is 0 Å². The number of carbonyl (C=O) groups is 2. The van der Waals surface area contributed by atoms with Crippen LogP contribution in [0.4, 0.5) is 4.79 Å². The summed E-state index contributed by atoms with van der Waals surface area (Å²) in [6, 6.07) is -1.45. The van der Waals surface area contributed by atoms with Crippen LogP contribution in [0.15, 0.2) is 23.8 Å². The minimum atomic E-state index is -1.45. The highest BCUT2D eigenvalue weighted by molar-refractivity contribution is 5.85. The first-order chi connectivity index (χ1) is 9.17. The van der Waals surface area contributed by atoms with Crippen LogP contribution in [0.2, 0.25) is 0 Å². The molecular formula is C13H19NO6. The molecule has 1 aliphatic heterocycles. The van der Waals surface area contributed by atoms with Gasteiger partial charge in [0.05, 0.1) is 6.61 Å². The molecule has 0 unspecified atom stereocenters. The van der Waals surface area contributed by atoms with E-state index in [-0.39, 0.29) is 6.61 Å². The Balaban J connectivity index is 3.02. The molecule has 20 heavy (non-hydrogen) atoms. The highest BCUT2D eigenvalue weighted by atomic mass is 16.6. The fourth-order valence-corrected chi connectivity index (χ4v) is 1.52. The highest BCUT2D eigenvalue weighted by Crippen LogP contribution is 2.22. The van der Waals surface area contributed by atoms with E-state index < -0.39 is 35.2 Å². The average molecular weight is 285 g/mol. The zero-order valence-electron chi connectivity index (χ0n) is 11.9. The minimum absolute atomic E-state index is 0.0786. The van der Waals surface area contributed by atoms with Crippen LogP contribution in [0, 0.1) is 0 Å². The van der Waals surface area contributed by atoms with Crippen molar-refractivity contribution in [3.63, 3.8) is 0 Å². The quantitative estimate of drug-likeness (QED) is 0.753. The van der Waals surface area contributed by atoms with Crippen LogP contribution in [0.5, 0.6) is 0 Å². The molecule has 1 amide bonds. The van der Waals surface area contributed by atoms with Gasteiger partial charge in [0, 0.05) is 6.20 Å². The molecule has 7 nitrogen and oxygen atoms in total. The first-order valence-electron chi connectivity index (χ1n) is 6.15. The Morgan fingerprint density at radius 1 is 1.35 bits per heavy atom. The lowest BCUT2D eigenvalue weighted by Gasteiger charge is -2.31. The Kier molecular flexibility index (Phi) is 4.65. The maximum absolute atomic E-state index is 12.0. The standard InChI is InChI=1S/C13H19NO6/c1-5-19-11(17)9-10(16)8(15)6-7-14(9)12(18)20-13(2,3)4/h6-7,9,15-16H,5H2,1-4H3/t9-/m1/s1. The van der Waals surface area contributed by atoms with Crippen molar-refractivity contribution in [2.45, 2.75) is 39.3 Å². The van der Waals surface area contributed by atoms with Gasteiger partial charge in [0.2, 0.25) is 0 Å². The van der Waals surface area contributed by atoms with Crippen LogP contribution in [-0.2, 0) is 14.3 Å². The number of allylic oxidation sites excluding steroid dienone is 1. The van der Waals surface area contributed by atoms with Crippen LogP contribution in [-0.4, -0.2) is 45.4 Å². The van der Waals surface area contributed by atoms with E-state index in [2.05, 4.69) is 0 Å². The van der Waals surface area contributed by atoms with E-state index in [1.165, 1.54) is 0 Å².